The molecule has 0 heterocycles. The zero-order chi connectivity index (χ0) is 10.7. The topological polar surface area (TPSA) is 69.9 Å². The van der Waals surface area contributed by atoms with E-state index in [0.29, 0.717) is 10.0 Å². The number of aromatic hydroxyl groups is 2. The van der Waals surface area contributed by atoms with Crippen molar-refractivity contribution in [2.45, 2.75) is 13.0 Å². The maximum absolute atomic E-state index is 10.0. The summed E-state index contributed by atoms with van der Waals surface area (Å²) < 4.78 is 0.583. The summed E-state index contributed by atoms with van der Waals surface area (Å²) in [5.74, 6) is -0.459. The first-order valence-electron chi connectivity index (χ1n) is 3.84. The third-order valence-electron chi connectivity index (χ3n) is 1.79. The number of benzene rings is 1. The molecule has 1 aromatic carbocycles. The lowest BCUT2D eigenvalue weighted by Crippen LogP contribution is -1.90. The molecule has 0 spiro atoms. The SMILES string of the molecule is CC(N=C=O)c1cc(O)c(O)cc1Br. The normalized spacial score (nSPS) is 11.9. The van der Waals surface area contributed by atoms with Crippen LogP contribution in [0.1, 0.15) is 18.5 Å². The number of nitrogens with zero attached hydrogens (tertiary/aromatic N) is 1. The minimum absolute atomic E-state index is 0.220. The molecule has 1 unspecified atom stereocenters. The highest BCUT2D eigenvalue weighted by Gasteiger charge is 2.11. The summed E-state index contributed by atoms with van der Waals surface area (Å²) in [4.78, 5) is 13.5. The van der Waals surface area contributed by atoms with Gasteiger partial charge in [0.1, 0.15) is 0 Å². The van der Waals surface area contributed by atoms with E-state index in [1.807, 2.05) is 0 Å². The quantitative estimate of drug-likeness (QED) is 0.485. The fourth-order valence-electron chi connectivity index (χ4n) is 1.04. The van der Waals surface area contributed by atoms with Crippen molar-refractivity contribution >= 4 is 22.0 Å². The first-order chi connectivity index (χ1) is 6.56. The Morgan fingerprint density at radius 1 is 1.43 bits per heavy atom. The van der Waals surface area contributed by atoms with Gasteiger partial charge in [0.25, 0.3) is 0 Å². The molecule has 0 aliphatic rings. The van der Waals surface area contributed by atoms with Crippen LogP contribution in [0.25, 0.3) is 0 Å². The molecule has 0 bridgehead atoms. The van der Waals surface area contributed by atoms with Crippen molar-refractivity contribution in [2.75, 3.05) is 0 Å². The Labute approximate surface area is 89.0 Å². The molecule has 0 aliphatic heterocycles. The van der Waals surface area contributed by atoms with Gasteiger partial charge in [0.05, 0.1) is 6.04 Å². The van der Waals surface area contributed by atoms with Gasteiger partial charge in [-0.05, 0) is 24.6 Å². The van der Waals surface area contributed by atoms with Crippen molar-refractivity contribution in [2.24, 2.45) is 4.99 Å². The molecule has 2 N–H and O–H groups in total. The Hall–Kier alpha value is -1.32. The fourth-order valence-corrected chi connectivity index (χ4v) is 1.70. The van der Waals surface area contributed by atoms with E-state index in [-0.39, 0.29) is 11.5 Å². The summed E-state index contributed by atoms with van der Waals surface area (Å²) in [6.45, 7) is 1.68. The van der Waals surface area contributed by atoms with Crippen LogP contribution in [-0.2, 0) is 4.79 Å². The van der Waals surface area contributed by atoms with Crippen LogP contribution in [0, 0.1) is 0 Å². The van der Waals surface area contributed by atoms with Crippen molar-refractivity contribution in [1.82, 2.24) is 0 Å². The molecule has 0 radical (unpaired) electrons. The average molecular weight is 258 g/mol. The van der Waals surface area contributed by atoms with Crippen molar-refractivity contribution in [1.29, 1.82) is 0 Å². The molecular formula is C9H8BrNO3. The van der Waals surface area contributed by atoms with Crippen LogP contribution in [0.3, 0.4) is 0 Å². The van der Waals surface area contributed by atoms with Gasteiger partial charge in [0, 0.05) is 4.47 Å². The van der Waals surface area contributed by atoms with E-state index in [0.717, 1.165) is 0 Å². The molecule has 14 heavy (non-hydrogen) atoms. The lowest BCUT2D eigenvalue weighted by atomic mass is 10.1. The Balaban J connectivity index is 3.21. The minimum Gasteiger partial charge on any atom is -0.504 e. The number of phenolic OH excluding ortho intramolecular Hbond substituents is 2. The molecule has 0 aromatic heterocycles. The predicted molar refractivity (Wildman–Crippen MR) is 54.0 cm³/mol. The van der Waals surface area contributed by atoms with E-state index in [1.54, 1.807) is 6.92 Å². The molecule has 4 nitrogen and oxygen atoms in total. The highest BCUT2D eigenvalue weighted by molar-refractivity contribution is 9.10. The second-order valence-corrected chi connectivity index (χ2v) is 3.61. The number of phenols is 2. The second kappa shape index (κ2) is 4.26. The van der Waals surface area contributed by atoms with Crippen LogP contribution in [-0.4, -0.2) is 16.3 Å². The molecule has 5 heteroatoms. The lowest BCUT2D eigenvalue weighted by Gasteiger charge is -2.08. The van der Waals surface area contributed by atoms with Crippen LogP contribution in [0.5, 0.6) is 11.5 Å². The van der Waals surface area contributed by atoms with Gasteiger partial charge in [0.2, 0.25) is 6.08 Å². The molecule has 0 saturated carbocycles. The third kappa shape index (κ3) is 2.13. The van der Waals surface area contributed by atoms with E-state index in [1.165, 1.54) is 18.2 Å². The molecular weight excluding hydrogens is 250 g/mol. The highest BCUT2D eigenvalue weighted by atomic mass is 79.9. The molecule has 0 aliphatic carbocycles. The van der Waals surface area contributed by atoms with Gasteiger partial charge >= 0.3 is 0 Å². The van der Waals surface area contributed by atoms with E-state index >= 15 is 0 Å². The molecule has 0 amide bonds. The first kappa shape index (κ1) is 10.8. The molecule has 1 atom stereocenters. The van der Waals surface area contributed by atoms with Gasteiger partial charge in [0.15, 0.2) is 11.5 Å². The largest absolute Gasteiger partial charge is 0.504 e. The smallest absolute Gasteiger partial charge is 0.235 e. The summed E-state index contributed by atoms with van der Waals surface area (Å²) in [5.41, 5.74) is 0.614. The van der Waals surface area contributed by atoms with Gasteiger partial charge in [-0.2, -0.15) is 4.99 Å². The molecule has 1 aromatic rings. The van der Waals surface area contributed by atoms with Gasteiger partial charge in [-0.3, -0.25) is 0 Å². The number of isocyanates is 1. The van der Waals surface area contributed by atoms with Crippen LogP contribution < -0.4 is 0 Å². The van der Waals surface area contributed by atoms with E-state index in [4.69, 9.17) is 5.11 Å². The highest BCUT2D eigenvalue weighted by Crippen LogP contribution is 2.35. The number of aliphatic imine (C=N–C) groups is 1. The summed E-state index contributed by atoms with van der Waals surface area (Å²) in [7, 11) is 0. The zero-order valence-electron chi connectivity index (χ0n) is 7.36. The Bertz CT molecular complexity index is 399. The summed E-state index contributed by atoms with van der Waals surface area (Å²) >= 11 is 3.19. The fraction of sp³-hybridized carbons (Fsp3) is 0.222. The number of carbonyl (C=O) groups excluding carboxylic acids is 1. The second-order valence-electron chi connectivity index (χ2n) is 2.76. The van der Waals surface area contributed by atoms with Crippen molar-refractivity contribution in [3.05, 3.63) is 22.2 Å². The zero-order valence-corrected chi connectivity index (χ0v) is 8.95. The average Bonchev–Trinajstić information content (AvgIpc) is 2.11. The number of halogens is 1. The third-order valence-corrected chi connectivity index (χ3v) is 2.48. The predicted octanol–water partition coefficient (Wildman–Crippen LogP) is 2.26. The molecule has 0 fully saturated rings. The molecule has 1 rings (SSSR count). The molecule has 74 valence electrons. The molecule has 0 saturated heterocycles. The number of rotatable bonds is 2. The Morgan fingerprint density at radius 2 is 2.00 bits per heavy atom. The summed E-state index contributed by atoms with van der Waals surface area (Å²) in [5, 5.41) is 18.4. The van der Waals surface area contributed by atoms with E-state index < -0.39 is 6.04 Å². The summed E-state index contributed by atoms with van der Waals surface area (Å²) in [6.07, 6.45) is 1.44. The minimum atomic E-state index is -0.409. The van der Waals surface area contributed by atoms with E-state index in [9.17, 15) is 9.90 Å². The van der Waals surface area contributed by atoms with Gasteiger partial charge in [-0.25, -0.2) is 4.79 Å². The Morgan fingerprint density at radius 3 is 2.57 bits per heavy atom. The number of hydrogen-bond acceptors (Lipinski definition) is 4. The summed E-state index contributed by atoms with van der Waals surface area (Å²) in [6, 6.07) is 2.29. The van der Waals surface area contributed by atoms with Crippen LogP contribution in [0.4, 0.5) is 0 Å². The monoisotopic (exact) mass is 257 g/mol. The Kier molecular flexibility index (Phi) is 3.28. The van der Waals surface area contributed by atoms with Crippen LogP contribution in [0.15, 0.2) is 21.6 Å². The maximum Gasteiger partial charge on any atom is 0.235 e. The van der Waals surface area contributed by atoms with Crippen LogP contribution in [0.2, 0.25) is 0 Å². The number of hydrogen-bond donors (Lipinski definition) is 2. The standard InChI is InChI=1S/C9H8BrNO3/c1-5(11-4-12)6-2-8(13)9(14)3-7(6)10/h2-3,5,13-14H,1H3. The lowest BCUT2D eigenvalue weighted by molar-refractivity contribution is 0.402. The van der Waals surface area contributed by atoms with Gasteiger partial charge in [-0.15, -0.1) is 0 Å². The van der Waals surface area contributed by atoms with Gasteiger partial charge in [-0.1, -0.05) is 15.9 Å². The maximum atomic E-state index is 10.0. The van der Waals surface area contributed by atoms with E-state index in [2.05, 4.69) is 20.9 Å². The van der Waals surface area contributed by atoms with Crippen molar-refractivity contribution in [3.63, 3.8) is 0 Å². The van der Waals surface area contributed by atoms with Gasteiger partial charge < -0.3 is 10.2 Å². The van der Waals surface area contributed by atoms with Crippen molar-refractivity contribution in [3.8, 4) is 11.5 Å². The first-order valence-corrected chi connectivity index (χ1v) is 4.64. The van der Waals surface area contributed by atoms with Crippen molar-refractivity contribution < 1.29 is 15.0 Å². The van der Waals surface area contributed by atoms with Crippen LogP contribution >= 0.6 is 15.9 Å².